The summed E-state index contributed by atoms with van der Waals surface area (Å²) in [6.45, 7) is 4.23. The van der Waals surface area contributed by atoms with Gasteiger partial charge in [-0.05, 0) is 30.5 Å². The lowest BCUT2D eigenvalue weighted by molar-refractivity contribution is 1.15. The average molecular weight is 174 g/mol. The highest BCUT2D eigenvalue weighted by Gasteiger charge is 2.06. The number of aromatic amines is 1. The van der Waals surface area contributed by atoms with Crippen LogP contribution in [0.15, 0.2) is 18.3 Å². The zero-order valence-electron chi connectivity index (χ0n) is 8.02. The first-order valence-electron chi connectivity index (χ1n) is 4.59. The number of aromatic nitrogens is 1. The van der Waals surface area contributed by atoms with Crippen LogP contribution in [0.25, 0.3) is 10.9 Å². The van der Waals surface area contributed by atoms with E-state index in [0.29, 0.717) is 0 Å². The van der Waals surface area contributed by atoms with Crippen LogP contribution in [0.2, 0.25) is 0 Å². The van der Waals surface area contributed by atoms with Gasteiger partial charge >= 0.3 is 0 Å². The van der Waals surface area contributed by atoms with Gasteiger partial charge in [-0.15, -0.1) is 0 Å². The fourth-order valence-corrected chi connectivity index (χ4v) is 1.80. The molecule has 0 radical (unpaired) electrons. The van der Waals surface area contributed by atoms with Gasteiger partial charge in [0, 0.05) is 17.3 Å². The van der Waals surface area contributed by atoms with E-state index in [1.54, 1.807) is 0 Å². The molecule has 1 aromatic carbocycles. The molecule has 0 unspecified atom stereocenters. The number of benzene rings is 1. The average Bonchev–Trinajstić information content (AvgIpc) is 2.48. The number of nitrogens with one attached hydrogen (secondary N) is 1. The summed E-state index contributed by atoms with van der Waals surface area (Å²) in [6.07, 6.45) is 3.01. The van der Waals surface area contributed by atoms with Crippen LogP contribution >= 0.6 is 0 Å². The third kappa shape index (κ3) is 1.10. The van der Waals surface area contributed by atoms with Gasteiger partial charge in [0.2, 0.25) is 0 Å². The summed E-state index contributed by atoms with van der Waals surface area (Å²) in [6, 6.07) is 4.07. The molecule has 0 saturated carbocycles. The molecule has 13 heavy (non-hydrogen) atoms. The SMILES string of the molecule is CCc1c(N)ccc2c(C)c[nH]c12. The van der Waals surface area contributed by atoms with E-state index in [9.17, 15) is 0 Å². The van der Waals surface area contributed by atoms with Crippen LogP contribution in [0.1, 0.15) is 18.1 Å². The number of nitrogens with two attached hydrogens (primary N) is 1. The van der Waals surface area contributed by atoms with Gasteiger partial charge in [0.1, 0.15) is 0 Å². The summed E-state index contributed by atoms with van der Waals surface area (Å²) in [7, 11) is 0. The number of nitrogen functional groups attached to an aromatic ring is 1. The van der Waals surface area contributed by atoms with Crippen LogP contribution in [0.3, 0.4) is 0 Å². The predicted octanol–water partition coefficient (Wildman–Crippen LogP) is 2.62. The fourth-order valence-electron chi connectivity index (χ4n) is 1.80. The van der Waals surface area contributed by atoms with Gasteiger partial charge < -0.3 is 10.7 Å². The van der Waals surface area contributed by atoms with Crippen molar-refractivity contribution < 1.29 is 0 Å². The number of aryl methyl sites for hydroxylation is 2. The Morgan fingerprint density at radius 3 is 2.85 bits per heavy atom. The van der Waals surface area contributed by atoms with Crippen molar-refractivity contribution in [3.63, 3.8) is 0 Å². The predicted molar refractivity (Wildman–Crippen MR) is 56.8 cm³/mol. The second kappa shape index (κ2) is 2.80. The summed E-state index contributed by atoms with van der Waals surface area (Å²) in [5, 5.41) is 1.28. The van der Waals surface area contributed by atoms with Crippen molar-refractivity contribution in [3.8, 4) is 0 Å². The van der Waals surface area contributed by atoms with Gasteiger partial charge in [-0.2, -0.15) is 0 Å². The molecule has 0 saturated heterocycles. The Hall–Kier alpha value is -1.44. The maximum Gasteiger partial charge on any atom is 0.0509 e. The van der Waals surface area contributed by atoms with Crippen molar-refractivity contribution in [1.29, 1.82) is 0 Å². The molecule has 0 aliphatic rings. The molecule has 1 aromatic heterocycles. The molecule has 0 spiro atoms. The molecule has 2 aromatic rings. The number of hydrogen-bond acceptors (Lipinski definition) is 1. The Labute approximate surface area is 77.8 Å². The smallest absolute Gasteiger partial charge is 0.0509 e. The van der Waals surface area contributed by atoms with Crippen LogP contribution in [0, 0.1) is 6.92 Å². The molecule has 0 fully saturated rings. The number of fused-ring (bicyclic) bond motifs is 1. The normalized spacial score (nSPS) is 10.9. The van der Waals surface area contributed by atoms with E-state index in [-0.39, 0.29) is 0 Å². The van der Waals surface area contributed by atoms with Gasteiger partial charge in [-0.3, -0.25) is 0 Å². The largest absolute Gasteiger partial charge is 0.398 e. The molecular formula is C11H14N2. The lowest BCUT2D eigenvalue weighted by Gasteiger charge is -2.04. The van der Waals surface area contributed by atoms with Gasteiger partial charge in [-0.25, -0.2) is 0 Å². The molecule has 3 N–H and O–H groups in total. The van der Waals surface area contributed by atoms with Crippen molar-refractivity contribution >= 4 is 16.6 Å². The van der Waals surface area contributed by atoms with Crippen LogP contribution in [0.4, 0.5) is 5.69 Å². The van der Waals surface area contributed by atoms with Gasteiger partial charge in [0.15, 0.2) is 0 Å². The van der Waals surface area contributed by atoms with E-state index in [1.807, 2.05) is 12.3 Å². The van der Waals surface area contributed by atoms with Crippen molar-refractivity contribution in [2.75, 3.05) is 5.73 Å². The first-order chi connectivity index (χ1) is 6.24. The minimum atomic E-state index is 0.886. The highest BCUT2D eigenvalue weighted by molar-refractivity contribution is 5.89. The Balaban J connectivity index is 2.85. The summed E-state index contributed by atoms with van der Waals surface area (Å²) in [4.78, 5) is 3.27. The standard InChI is InChI=1S/C11H14N2/c1-3-8-10(12)5-4-9-7(2)6-13-11(8)9/h4-6,13H,3,12H2,1-2H3. The van der Waals surface area contributed by atoms with Crippen LogP contribution in [0.5, 0.6) is 0 Å². The van der Waals surface area contributed by atoms with Crippen molar-refractivity contribution in [2.24, 2.45) is 0 Å². The molecule has 68 valence electrons. The van der Waals surface area contributed by atoms with Gasteiger partial charge in [-0.1, -0.05) is 13.0 Å². The zero-order chi connectivity index (χ0) is 9.42. The molecule has 2 heteroatoms. The zero-order valence-corrected chi connectivity index (χ0v) is 8.02. The first kappa shape index (κ1) is 8.17. The van der Waals surface area contributed by atoms with E-state index >= 15 is 0 Å². The lowest BCUT2D eigenvalue weighted by atomic mass is 10.1. The molecule has 2 rings (SSSR count). The number of H-pyrrole nitrogens is 1. The molecule has 1 heterocycles. The van der Waals surface area contributed by atoms with Gasteiger partial charge in [0.25, 0.3) is 0 Å². The van der Waals surface area contributed by atoms with Gasteiger partial charge in [0.05, 0.1) is 5.52 Å². The Morgan fingerprint density at radius 2 is 2.15 bits per heavy atom. The lowest BCUT2D eigenvalue weighted by Crippen LogP contribution is -1.93. The van der Waals surface area contributed by atoms with E-state index < -0.39 is 0 Å². The molecule has 0 aliphatic carbocycles. The maximum absolute atomic E-state index is 5.89. The Kier molecular flexibility index (Phi) is 1.76. The molecule has 0 aliphatic heterocycles. The van der Waals surface area contributed by atoms with Crippen LogP contribution in [-0.2, 0) is 6.42 Å². The summed E-state index contributed by atoms with van der Waals surface area (Å²) < 4.78 is 0. The topological polar surface area (TPSA) is 41.8 Å². The summed E-state index contributed by atoms with van der Waals surface area (Å²) in [5.41, 5.74) is 10.5. The molecule has 0 amide bonds. The minimum Gasteiger partial charge on any atom is -0.398 e. The monoisotopic (exact) mass is 174 g/mol. The fraction of sp³-hybridized carbons (Fsp3) is 0.273. The Bertz CT molecular complexity index is 441. The first-order valence-corrected chi connectivity index (χ1v) is 4.59. The quantitative estimate of drug-likeness (QED) is 0.641. The molecular weight excluding hydrogens is 160 g/mol. The number of anilines is 1. The highest BCUT2D eigenvalue weighted by Crippen LogP contribution is 2.25. The third-order valence-electron chi connectivity index (χ3n) is 2.56. The van der Waals surface area contributed by atoms with E-state index in [1.165, 1.54) is 22.0 Å². The van der Waals surface area contributed by atoms with Crippen molar-refractivity contribution in [2.45, 2.75) is 20.3 Å². The van der Waals surface area contributed by atoms with Crippen LogP contribution in [-0.4, -0.2) is 4.98 Å². The van der Waals surface area contributed by atoms with Crippen molar-refractivity contribution in [1.82, 2.24) is 4.98 Å². The molecule has 0 bridgehead atoms. The molecule has 2 nitrogen and oxygen atoms in total. The van der Waals surface area contributed by atoms with E-state index in [0.717, 1.165) is 12.1 Å². The number of rotatable bonds is 1. The second-order valence-electron chi connectivity index (χ2n) is 3.38. The molecule has 0 atom stereocenters. The maximum atomic E-state index is 5.89. The highest BCUT2D eigenvalue weighted by atomic mass is 14.7. The number of hydrogen-bond donors (Lipinski definition) is 2. The minimum absolute atomic E-state index is 0.886. The second-order valence-corrected chi connectivity index (χ2v) is 3.38. The Morgan fingerprint density at radius 1 is 1.38 bits per heavy atom. The van der Waals surface area contributed by atoms with Crippen LogP contribution < -0.4 is 5.73 Å². The van der Waals surface area contributed by atoms with E-state index in [2.05, 4.69) is 24.9 Å². The van der Waals surface area contributed by atoms with E-state index in [4.69, 9.17) is 5.73 Å². The third-order valence-corrected chi connectivity index (χ3v) is 2.56. The summed E-state index contributed by atoms with van der Waals surface area (Å²) >= 11 is 0. The van der Waals surface area contributed by atoms with Crippen molar-refractivity contribution in [3.05, 3.63) is 29.5 Å². The summed E-state index contributed by atoms with van der Waals surface area (Å²) in [5.74, 6) is 0.